The molecule has 0 fully saturated rings. The first kappa shape index (κ1) is 21.4. The third-order valence-corrected chi connectivity index (χ3v) is 6.40. The summed E-state index contributed by atoms with van der Waals surface area (Å²) in [6.07, 6.45) is 2.62. The molecule has 5 rings (SSSR count). The summed E-state index contributed by atoms with van der Waals surface area (Å²) in [6.45, 7) is 5.95. The van der Waals surface area contributed by atoms with E-state index in [1.54, 1.807) is 12.3 Å². The van der Waals surface area contributed by atoms with Crippen LogP contribution in [0.15, 0.2) is 41.3 Å². The Morgan fingerprint density at radius 2 is 1.97 bits per heavy atom. The SMILES string of the molecule is Cc1cc(Nc2ncc3c(N)n(-c4c(C)cccc4Cl)c(=O)nc3n2)cc2c1CCN(C)C2. The monoisotopic (exact) mass is 461 g/mol. The molecule has 3 N–H and O–H groups in total. The van der Waals surface area contributed by atoms with Crippen LogP contribution in [0.2, 0.25) is 5.02 Å². The summed E-state index contributed by atoms with van der Waals surface area (Å²) in [5, 5.41) is 4.14. The highest BCUT2D eigenvalue weighted by Gasteiger charge is 2.18. The van der Waals surface area contributed by atoms with Gasteiger partial charge in [0.1, 0.15) is 5.82 Å². The van der Waals surface area contributed by atoms with E-state index in [1.165, 1.54) is 21.3 Å². The average Bonchev–Trinajstić information content (AvgIpc) is 2.75. The lowest BCUT2D eigenvalue weighted by Crippen LogP contribution is -2.27. The number of anilines is 3. The number of aryl methyl sites for hydroxylation is 2. The molecule has 0 radical (unpaired) electrons. The minimum atomic E-state index is -0.548. The van der Waals surface area contributed by atoms with E-state index in [0.717, 1.165) is 30.8 Å². The van der Waals surface area contributed by atoms with E-state index >= 15 is 0 Å². The molecule has 0 bridgehead atoms. The van der Waals surface area contributed by atoms with Crippen LogP contribution in [-0.4, -0.2) is 38.0 Å². The summed E-state index contributed by atoms with van der Waals surface area (Å²) < 4.78 is 1.31. The number of nitrogens with two attached hydrogens (primary N) is 1. The fourth-order valence-electron chi connectivity index (χ4n) is 4.45. The summed E-state index contributed by atoms with van der Waals surface area (Å²) in [7, 11) is 2.12. The molecule has 0 atom stereocenters. The zero-order valence-electron chi connectivity index (χ0n) is 18.7. The predicted molar refractivity (Wildman–Crippen MR) is 132 cm³/mol. The molecule has 8 nitrogen and oxygen atoms in total. The molecule has 168 valence electrons. The van der Waals surface area contributed by atoms with Gasteiger partial charge in [0.25, 0.3) is 0 Å². The van der Waals surface area contributed by atoms with Crippen LogP contribution in [-0.2, 0) is 13.0 Å². The first-order valence-electron chi connectivity index (χ1n) is 10.7. The van der Waals surface area contributed by atoms with E-state index in [2.05, 4.69) is 51.3 Å². The van der Waals surface area contributed by atoms with Gasteiger partial charge in [-0.3, -0.25) is 0 Å². The predicted octanol–water partition coefficient (Wildman–Crippen LogP) is 3.76. The molecule has 3 heterocycles. The van der Waals surface area contributed by atoms with Crippen molar-refractivity contribution in [1.29, 1.82) is 0 Å². The number of nitrogens with zero attached hydrogens (tertiary/aromatic N) is 5. The number of hydrogen-bond acceptors (Lipinski definition) is 7. The van der Waals surface area contributed by atoms with E-state index in [1.807, 2.05) is 19.1 Å². The quantitative estimate of drug-likeness (QED) is 0.479. The van der Waals surface area contributed by atoms with Gasteiger partial charge in [0.05, 0.1) is 16.1 Å². The van der Waals surface area contributed by atoms with Gasteiger partial charge >= 0.3 is 5.69 Å². The van der Waals surface area contributed by atoms with Crippen molar-refractivity contribution in [1.82, 2.24) is 24.4 Å². The number of hydrogen-bond donors (Lipinski definition) is 2. The molecule has 0 unspecified atom stereocenters. The topological polar surface area (TPSA) is 102 Å². The fourth-order valence-corrected chi connectivity index (χ4v) is 4.75. The lowest BCUT2D eigenvalue weighted by molar-refractivity contribution is 0.312. The Balaban J connectivity index is 1.55. The minimum absolute atomic E-state index is 0.195. The van der Waals surface area contributed by atoms with Crippen molar-refractivity contribution in [2.75, 3.05) is 24.6 Å². The van der Waals surface area contributed by atoms with Crippen molar-refractivity contribution < 1.29 is 0 Å². The van der Waals surface area contributed by atoms with Gasteiger partial charge < -0.3 is 16.0 Å². The Hall–Kier alpha value is -3.49. The van der Waals surface area contributed by atoms with Crippen LogP contribution in [0.1, 0.15) is 22.3 Å². The minimum Gasteiger partial charge on any atom is -0.384 e. The highest BCUT2D eigenvalue weighted by molar-refractivity contribution is 6.32. The molecule has 33 heavy (non-hydrogen) atoms. The number of para-hydroxylation sites is 1. The molecule has 2 aromatic heterocycles. The third kappa shape index (κ3) is 3.81. The largest absolute Gasteiger partial charge is 0.384 e. The Morgan fingerprint density at radius 1 is 1.15 bits per heavy atom. The van der Waals surface area contributed by atoms with E-state index in [4.69, 9.17) is 17.3 Å². The summed E-state index contributed by atoms with van der Waals surface area (Å²) in [4.78, 5) is 28.2. The van der Waals surface area contributed by atoms with Crippen molar-refractivity contribution in [3.63, 3.8) is 0 Å². The van der Waals surface area contributed by atoms with Crippen molar-refractivity contribution >= 4 is 40.1 Å². The Morgan fingerprint density at radius 3 is 2.76 bits per heavy atom. The maximum absolute atomic E-state index is 12.9. The summed E-state index contributed by atoms with van der Waals surface area (Å²) >= 11 is 6.36. The van der Waals surface area contributed by atoms with Crippen LogP contribution < -0.4 is 16.7 Å². The second kappa shape index (κ2) is 8.13. The van der Waals surface area contributed by atoms with E-state index in [0.29, 0.717) is 22.0 Å². The van der Waals surface area contributed by atoms with Gasteiger partial charge in [-0.15, -0.1) is 0 Å². The molecule has 0 spiro atoms. The van der Waals surface area contributed by atoms with Crippen molar-refractivity contribution in [3.05, 3.63) is 74.3 Å². The lowest BCUT2D eigenvalue weighted by atomic mass is 9.94. The molecule has 2 aromatic carbocycles. The number of nitrogen functional groups attached to an aromatic ring is 1. The Bertz CT molecular complexity index is 1440. The molecule has 9 heteroatoms. The zero-order chi connectivity index (χ0) is 23.3. The summed E-state index contributed by atoms with van der Waals surface area (Å²) in [5.41, 5.74) is 12.2. The maximum atomic E-state index is 12.9. The molecule has 0 saturated heterocycles. The van der Waals surface area contributed by atoms with Crippen LogP contribution in [0.4, 0.5) is 17.5 Å². The van der Waals surface area contributed by atoms with Crippen LogP contribution in [0.3, 0.4) is 0 Å². The number of likely N-dealkylation sites (N-methyl/N-ethyl adjacent to an activating group) is 1. The van der Waals surface area contributed by atoms with Gasteiger partial charge in [-0.25, -0.2) is 14.3 Å². The summed E-state index contributed by atoms with van der Waals surface area (Å²) in [6, 6.07) is 9.61. The van der Waals surface area contributed by atoms with Gasteiger partial charge in [-0.1, -0.05) is 23.7 Å². The molecule has 0 aliphatic carbocycles. The molecular formula is C24H24ClN7O. The van der Waals surface area contributed by atoms with E-state index < -0.39 is 5.69 Å². The number of benzene rings is 2. The van der Waals surface area contributed by atoms with Crippen LogP contribution in [0, 0.1) is 13.8 Å². The number of halogens is 1. The lowest BCUT2D eigenvalue weighted by Gasteiger charge is -2.27. The first-order valence-corrected chi connectivity index (χ1v) is 11.1. The molecule has 0 saturated carbocycles. The maximum Gasteiger partial charge on any atom is 0.355 e. The van der Waals surface area contributed by atoms with Crippen LogP contribution in [0.5, 0.6) is 0 Å². The first-order chi connectivity index (χ1) is 15.8. The van der Waals surface area contributed by atoms with Gasteiger partial charge in [0, 0.05) is 25.0 Å². The molecule has 1 aliphatic heterocycles. The molecule has 0 amide bonds. The number of nitrogens with one attached hydrogen (secondary N) is 1. The average molecular weight is 462 g/mol. The number of fused-ring (bicyclic) bond motifs is 2. The van der Waals surface area contributed by atoms with E-state index in [-0.39, 0.29) is 11.5 Å². The van der Waals surface area contributed by atoms with Crippen molar-refractivity contribution in [3.8, 4) is 5.69 Å². The van der Waals surface area contributed by atoms with Gasteiger partial charge in [-0.05, 0) is 67.8 Å². The van der Waals surface area contributed by atoms with Crippen LogP contribution in [0.25, 0.3) is 16.7 Å². The van der Waals surface area contributed by atoms with Crippen LogP contribution >= 0.6 is 11.6 Å². The Labute approximate surface area is 196 Å². The number of rotatable bonds is 3. The summed E-state index contributed by atoms with van der Waals surface area (Å²) in [5.74, 6) is 0.546. The fraction of sp³-hybridized carbons (Fsp3) is 0.250. The third-order valence-electron chi connectivity index (χ3n) is 6.10. The number of aromatic nitrogens is 4. The highest BCUT2D eigenvalue weighted by Crippen LogP contribution is 2.29. The highest BCUT2D eigenvalue weighted by atomic mass is 35.5. The molecule has 4 aromatic rings. The smallest absolute Gasteiger partial charge is 0.355 e. The second-order valence-electron chi connectivity index (χ2n) is 8.49. The Kier molecular flexibility index (Phi) is 5.26. The van der Waals surface area contributed by atoms with Crippen molar-refractivity contribution in [2.45, 2.75) is 26.8 Å². The van der Waals surface area contributed by atoms with Gasteiger partial charge in [-0.2, -0.15) is 9.97 Å². The second-order valence-corrected chi connectivity index (χ2v) is 8.90. The standard InChI is InChI=1S/C24H24ClN7O/c1-13-5-4-6-19(25)20(13)32-21(26)18-11-27-23(29-22(18)30-24(32)33)28-16-9-14(2)17-7-8-31(3)12-15(17)10-16/h4-6,9-11H,7-8,12,26H2,1-3H3,(H,28,29,30,33). The zero-order valence-corrected chi connectivity index (χ0v) is 19.4. The van der Waals surface area contributed by atoms with E-state index in [9.17, 15) is 4.79 Å². The van der Waals surface area contributed by atoms with Gasteiger partial charge in [0.15, 0.2) is 5.65 Å². The molecular weight excluding hydrogens is 438 g/mol. The van der Waals surface area contributed by atoms with Gasteiger partial charge in [0.2, 0.25) is 5.95 Å². The molecule has 1 aliphatic rings. The van der Waals surface area contributed by atoms with Crippen molar-refractivity contribution in [2.24, 2.45) is 0 Å². The normalized spacial score (nSPS) is 13.8.